The fourth-order valence-corrected chi connectivity index (χ4v) is 3.43. The molecule has 4 nitrogen and oxygen atoms in total. The zero-order valence-electron chi connectivity index (χ0n) is 12.9. The number of likely N-dealkylation sites (N-methyl/N-ethyl adjacent to an activating group) is 1. The van der Waals surface area contributed by atoms with E-state index in [1.165, 1.54) is 19.5 Å². The molecule has 2 fully saturated rings. The summed E-state index contributed by atoms with van der Waals surface area (Å²) in [6.45, 7) is 15.7. The van der Waals surface area contributed by atoms with Crippen molar-refractivity contribution in [2.75, 3.05) is 52.4 Å². The average Bonchev–Trinajstić information content (AvgIpc) is 2.42. The van der Waals surface area contributed by atoms with E-state index in [0.717, 1.165) is 45.2 Å². The maximum absolute atomic E-state index is 5.92. The Hall–Kier alpha value is -0.160. The molecule has 0 amide bonds. The van der Waals surface area contributed by atoms with Crippen molar-refractivity contribution in [1.29, 1.82) is 0 Å². The van der Waals surface area contributed by atoms with E-state index >= 15 is 0 Å². The molecular formula is C15H31N3O. The Labute approximate surface area is 118 Å². The Bertz CT molecular complexity index is 262. The second-order valence-corrected chi connectivity index (χ2v) is 6.08. The third-order valence-corrected chi connectivity index (χ3v) is 4.59. The predicted octanol–water partition coefficient (Wildman–Crippen LogP) is 1.03. The Balaban J connectivity index is 1.74. The summed E-state index contributed by atoms with van der Waals surface area (Å²) in [5.74, 6) is 0.750. The molecule has 0 aromatic rings. The Morgan fingerprint density at radius 2 is 2.00 bits per heavy atom. The number of hydrogen-bond acceptors (Lipinski definition) is 4. The number of nitrogens with zero attached hydrogens (tertiary/aromatic N) is 2. The number of hydrogen-bond donors (Lipinski definition) is 1. The lowest BCUT2D eigenvalue weighted by atomic mass is 9.93. The molecule has 112 valence electrons. The van der Waals surface area contributed by atoms with Crippen molar-refractivity contribution >= 4 is 0 Å². The SMILES string of the molecule is CCNC1CCN(CC2CN(CC)CCO2)CC1C. The van der Waals surface area contributed by atoms with Crippen LogP contribution < -0.4 is 5.32 Å². The number of piperidine rings is 1. The summed E-state index contributed by atoms with van der Waals surface area (Å²) < 4.78 is 5.92. The molecule has 1 N–H and O–H groups in total. The van der Waals surface area contributed by atoms with Gasteiger partial charge in [0.15, 0.2) is 0 Å². The van der Waals surface area contributed by atoms with E-state index in [-0.39, 0.29) is 0 Å². The van der Waals surface area contributed by atoms with Crippen molar-refractivity contribution in [2.24, 2.45) is 5.92 Å². The van der Waals surface area contributed by atoms with Crippen LogP contribution in [0.3, 0.4) is 0 Å². The smallest absolute Gasteiger partial charge is 0.0829 e. The molecule has 3 unspecified atom stereocenters. The first-order chi connectivity index (χ1) is 9.22. The first-order valence-corrected chi connectivity index (χ1v) is 8.02. The highest BCUT2D eigenvalue weighted by Gasteiger charge is 2.28. The number of rotatable bonds is 5. The predicted molar refractivity (Wildman–Crippen MR) is 79.5 cm³/mol. The molecule has 0 spiro atoms. The minimum atomic E-state index is 0.414. The molecule has 2 saturated heterocycles. The van der Waals surface area contributed by atoms with Crippen LogP contribution in [-0.4, -0.2) is 74.4 Å². The van der Waals surface area contributed by atoms with E-state index in [1.807, 2.05) is 0 Å². The maximum Gasteiger partial charge on any atom is 0.0829 e. The van der Waals surface area contributed by atoms with E-state index in [2.05, 4.69) is 35.9 Å². The number of nitrogens with one attached hydrogen (secondary N) is 1. The van der Waals surface area contributed by atoms with Gasteiger partial charge in [-0.15, -0.1) is 0 Å². The normalized spacial score (nSPS) is 34.6. The highest BCUT2D eigenvalue weighted by molar-refractivity contribution is 4.84. The van der Waals surface area contributed by atoms with Crippen LogP contribution in [-0.2, 0) is 4.74 Å². The molecule has 2 rings (SSSR count). The minimum absolute atomic E-state index is 0.414. The fraction of sp³-hybridized carbons (Fsp3) is 1.00. The van der Waals surface area contributed by atoms with E-state index in [1.54, 1.807) is 0 Å². The first kappa shape index (κ1) is 15.2. The maximum atomic E-state index is 5.92. The average molecular weight is 269 g/mol. The quantitative estimate of drug-likeness (QED) is 0.807. The molecule has 0 aromatic carbocycles. The van der Waals surface area contributed by atoms with E-state index in [9.17, 15) is 0 Å². The van der Waals surface area contributed by atoms with Gasteiger partial charge in [0.1, 0.15) is 0 Å². The number of likely N-dealkylation sites (tertiary alicyclic amines) is 1. The zero-order chi connectivity index (χ0) is 13.7. The number of ether oxygens (including phenoxy) is 1. The Kier molecular flexibility index (Phi) is 6.07. The molecule has 0 aromatic heterocycles. The van der Waals surface area contributed by atoms with Gasteiger partial charge >= 0.3 is 0 Å². The lowest BCUT2D eigenvalue weighted by Crippen LogP contribution is -2.53. The van der Waals surface area contributed by atoms with Gasteiger partial charge < -0.3 is 15.0 Å². The summed E-state index contributed by atoms with van der Waals surface area (Å²) in [5, 5.41) is 3.61. The third-order valence-electron chi connectivity index (χ3n) is 4.59. The lowest BCUT2D eigenvalue weighted by molar-refractivity contribution is -0.0472. The van der Waals surface area contributed by atoms with Crippen LogP contribution in [0.15, 0.2) is 0 Å². The Morgan fingerprint density at radius 3 is 2.68 bits per heavy atom. The van der Waals surface area contributed by atoms with Crippen LogP contribution in [0, 0.1) is 5.92 Å². The first-order valence-electron chi connectivity index (χ1n) is 8.02. The topological polar surface area (TPSA) is 27.7 Å². The largest absolute Gasteiger partial charge is 0.374 e. The summed E-state index contributed by atoms with van der Waals surface area (Å²) in [5.41, 5.74) is 0. The lowest BCUT2D eigenvalue weighted by Gasteiger charge is -2.40. The molecule has 2 aliphatic rings. The van der Waals surface area contributed by atoms with Gasteiger partial charge in [-0.3, -0.25) is 4.90 Å². The standard InChI is InChI=1S/C15H31N3O/c1-4-16-15-6-7-18(10-13(15)3)12-14-11-17(5-2)8-9-19-14/h13-16H,4-12H2,1-3H3. The summed E-state index contributed by atoms with van der Waals surface area (Å²) in [4.78, 5) is 5.10. The van der Waals surface area contributed by atoms with Crippen molar-refractivity contribution in [3.05, 3.63) is 0 Å². The molecule has 0 bridgehead atoms. The van der Waals surface area contributed by atoms with Crippen LogP contribution >= 0.6 is 0 Å². The molecule has 2 heterocycles. The summed E-state index contributed by atoms with van der Waals surface area (Å²) in [7, 11) is 0. The van der Waals surface area contributed by atoms with Gasteiger partial charge in [0.25, 0.3) is 0 Å². The second kappa shape index (κ2) is 7.58. The Morgan fingerprint density at radius 1 is 1.16 bits per heavy atom. The van der Waals surface area contributed by atoms with Gasteiger partial charge in [-0.1, -0.05) is 20.8 Å². The monoisotopic (exact) mass is 269 g/mol. The minimum Gasteiger partial charge on any atom is -0.374 e. The van der Waals surface area contributed by atoms with E-state index in [4.69, 9.17) is 4.74 Å². The van der Waals surface area contributed by atoms with Crippen molar-refractivity contribution < 1.29 is 4.74 Å². The summed E-state index contributed by atoms with van der Waals surface area (Å²) >= 11 is 0. The van der Waals surface area contributed by atoms with Crippen LogP contribution in [0.4, 0.5) is 0 Å². The van der Waals surface area contributed by atoms with Crippen LogP contribution in [0.2, 0.25) is 0 Å². The molecule has 3 atom stereocenters. The molecule has 19 heavy (non-hydrogen) atoms. The second-order valence-electron chi connectivity index (χ2n) is 6.08. The molecule has 0 aliphatic carbocycles. The highest BCUT2D eigenvalue weighted by Crippen LogP contribution is 2.18. The van der Waals surface area contributed by atoms with E-state index < -0.39 is 0 Å². The van der Waals surface area contributed by atoms with Crippen LogP contribution in [0.25, 0.3) is 0 Å². The third kappa shape index (κ3) is 4.42. The van der Waals surface area contributed by atoms with Gasteiger partial charge in [0, 0.05) is 32.2 Å². The zero-order valence-corrected chi connectivity index (χ0v) is 12.9. The number of morpholine rings is 1. The van der Waals surface area contributed by atoms with Gasteiger partial charge in [-0.2, -0.15) is 0 Å². The van der Waals surface area contributed by atoms with Crippen molar-refractivity contribution in [3.8, 4) is 0 Å². The molecular weight excluding hydrogens is 238 g/mol. The van der Waals surface area contributed by atoms with Gasteiger partial charge in [-0.25, -0.2) is 0 Å². The van der Waals surface area contributed by atoms with Crippen molar-refractivity contribution in [3.63, 3.8) is 0 Å². The molecule has 4 heteroatoms. The van der Waals surface area contributed by atoms with Crippen molar-refractivity contribution in [2.45, 2.75) is 39.3 Å². The van der Waals surface area contributed by atoms with Crippen LogP contribution in [0.5, 0.6) is 0 Å². The molecule has 2 aliphatic heterocycles. The van der Waals surface area contributed by atoms with Crippen molar-refractivity contribution in [1.82, 2.24) is 15.1 Å². The molecule has 0 saturated carbocycles. The van der Waals surface area contributed by atoms with Gasteiger partial charge in [0.2, 0.25) is 0 Å². The highest BCUT2D eigenvalue weighted by atomic mass is 16.5. The van der Waals surface area contributed by atoms with Crippen LogP contribution in [0.1, 0.15) is 27.2 Å². The molecule has 0 radical (unpaired) electrons. The van der Waals surface area contributed by atoms with E-state index in [0.29, 0.717) is 12.1 Å². The summed E-state index contributed by atoms with van der Waals surface area (Å²) in [6, 6.07) is 0.709. The fourth-order valence-electron chi connectivity index (χ4n) is 3.43. The van der Waals surface area contributed by atoms with Gasteiger partial charge in [0.05, 0.1) is 12.7 Å². The summed E-state index contributed by atoms with van der Waals surface area (Å²) in [6.07, 6.45) is 1.69. The van der Waals surface area contributed by atoms with Gasteiger partial charge in [-0.05, 0) is 32.0 Å².